The van der Waals surface area contributed by atoms with Gasteiger partial charge in [-0.2, -0.15) is 0 Å². The molecule has 0 spiro atoms. The van der Waals surface area contributed by atoms with Crippen LogP contribution in [-0.2, 0) is 6.54 Å². The van der Waals surface area contributed by atoms with Crippen LogP contribution in [0.3, 0.4) is 0 Å². The number of aliphatic hydroxyl groups is 1. The van der Waals surface area contributed by atoms with E-state index in [0.717, 1.165) is 5.69 Å². The number of aromatic nitrogens is 1. The van der Waals surface area contributed by atoms with Gasteiger partial charge in [0.2, 0.25) is 0 Å². The van der Waals surface area contributed by atoms with Crippen LogP contribution in [0.5, 0.6) is 0 Å². The normalized spacial score (nSPS) is 10.5. The summed E-state index contributed by atoms with van der Waals surface area (Å²) in [5, 5.41) is 8.97. The number of hydrogen-bond acceptors (Lipinski definition) is 4. The van der Waals surface area contributed by atoms with Crippen LogP contribution in [0.4, 0.5) is 0 Å². The number of halogens is 1. The lowest BCUT2D eigenvalue weighted by atomic mass is 10.3. The predicted octanol–water partition coefficient (Wildman–Crippen LogP) is 2.82. The molecule has 0 atom stereocenters. The molecular formula is C14H15ClN2O2S. The lowest BCUT2D eigenvalue weighted by molar-refractivity contribution is 0.0735. The molecule has 0 unspecified atom stereocenters. The van der Waals surface area contributed by atoms with E-state index in [9.17, 15) is 4.79 Å². The minimum atomic E-state index is -0.0824. The zero-order valence-electron chi connectivity index (χ0n) is 10.8. The van der Waals surface area contributed by atoms with Gasteiger partial charge in [0, 0.05) is 19.3 Å². The number of nitrogens with zero attached hydrogens (tertiary/aromatic N) is 2. The summed E-state index contributed by atoms with van der Waals surface area (Å²) in [5.41, 5.74) is 0.821. The van der Waals surface area contributed by atoms with E-state index in [2.05, 4.69) is 4.98 Å². The van der Waals surface area contributed by atoms with Gasteiger partial charge in [0.15, 0.2) is 0 Å². The highest BCUT2D eigenvalue weighted by Gasteiger charge is 2.18. The quantitative estimate of drug-likeness (QED) is 0.892. The average Bonchev–Trinajstić information content (AvgIpc) is 2.90. The van der Waals surface area contributed by atoms with Crippen LogP contribution >= 0.6 is 22.9 Å². The van der Waals surface area contributed by atoms with Crippen molar-refractivity contribution in [1.29, 1.82) is 0 Å². The van der Waals surface area contributed by atoms with Crippen molar-refractivity contribution in [2.24, 2.45) is 0 Å². The Morgan fingerprint density at radius 3 is 2.80 bits per heavy atom. The van der Waals surface area contributed by atoms with Crippen molar-refractivity contribution in [2.45, 2.75) is 13.0 Å². The van der Waals surface area contributed by atoms with E-state index < -0.39 is 0 Å². The lowest BCUT2D eigenvalue weighted by Crippen LogP contribution is -2.31. The molecule has 0 saturated carbocycles. The van der Waals surface area contributed by atoms with Gasteiger partial charge < -0.3 is 10.0 Å². The van der Waals surface area contributed by atoms with Gasteiger partial charge in [-0.25, -0.2) is 0 Å². The second kappa shape index (κ2) is 7.38. The molecule has 0 radical (unpaired) electrons. The Balaban J connectivity index is 2.12. The second-order valence-electron chi connectivity index (χ2n) is 4.23. The minimum Gasteiger partial charge on any atom is -0.396 e. The van der Waals surface area contributed by atoms with Crippen LogP contribution in [0, 0.1) is 0 Å². The SMILES string of the molecule is O=C(c1ccc(Cl)s1)N(CCCO)Cc1ccccn1. The number of rotatable bonds is 6. The molecule has 1 N–H and O–H groups in total. The summed E-state index contributed by atoms with van der Waals surface area (Å²) < 4.78 is 0.591. The number of carbonyl (C=O) groups is 1. The number of amides is 1. The van der Waals surface area contributed by atoms with E-state index in [0.29, 0.717) is 28.7 Å². The zero-order chi connectivity index (χ0) is 14.4. The van der Waals surface area contributed by atoms with Crippen molar-refractivity contribution in [1.82, 2.24) is 9.88 Å². The molecule has 0 aliphatic heterocycles. The summed E-state index contributed by atoms with van der Waals surface area (Å²) in [5.74, 6) is -0.0824. The van der Waals surface area contributed by atoms with Crippen LogP contribution in [0.1, 0.15) is 21.8 Å². The Morgan fingerprint density at radius 1 is 1.35 bits per heavy atom. The summed E-state index contributed by atoms with van der Waals surface area (Å²) in [7, 11) is 0. The molecule has 0 bridgehead atoms. The topological polar surface area (TPSA) is 53.4 Å². The van der Waals surface area contributed by atoms with E-state index in [-0.39, 0.29) is 12.5 Å². The standard InChI is InChI=1S/C14H15ClN2O2S/c15-13-6-5-12(20-13)14(19)17(8-3-9-18)10-11-4-1-2-7-16-11/h1-2,4-7,18H,3,8-10H2. The summed E-state index contributed by atoms with van der Waals surface area (Å²) >= 11 is 7.13. The summed E-state index contributed by atoms with van der Waals surface area (Å²) in [6.07, 6.45) is 2.24. The van der Waals surface area contributed by atoms with Crippen molar-refractivity contribution >= 4 is 28.8 Å². The molecule has 0 aliphatic rings. The average molecular weight is 311 g/mol. The predicted molar refractivity (Wildman–Crippen MR) is 80.0 cm³/mol. The van der Waals surface area contributed by atoms with Crippen LogP contribution < -0.4 is 0 Å². The Hall–Kier alpha value is -1.43. The third kappa shape index (κ3) is 4.03. The highest BCUT2D eigenvalue weighted by atomic mass is 35.5. The van der Waals surface area contributed by atoms with Crippen molar-refractivity contribution in [3.63, 3.8) is 0 Å². The maximum Gasteiger partial charge on any atom is 0.264 e. The van der Waals surface area contributed by atoms with Gasteiger partial charge in [0.25, 0.3) is 5.91 Å². The first kappa shape index (κ1) is 15.0. The molecule has 2 rings (SSSR count). The first-order valence-corrected chi connectivity index (χ1v) is 7.45. The molecule has 0 fully saturated rings. The summed E-state index contributed by atoms with van der Waals surface area (Å²) in [6, 6.07) is 9.03. The molecule has 2 aromatic heterocycles. The van der Waals surface area contributed by atoms with Crippen molar-refractivity contribution < 1.29 is 9.90 Å². The number of pyridine rings is 1. The van der Waals surface area contributed by atoms with Gasteiger partial charge in [0.05, 0.1) is 21.5 Å². The zero-order valence-corrected chi connectivity index (χ0v) is 12.4. The molecule has 106 valence electrons. The van der Waals surface area contributed by atoms with Crippen LogP contribution in [-0.4, -0.2) is 34.0 Å². The van der Waals surface area contributed by atoms with E-state index in [4.69, 9.17) is 16.7 Å². The second-order valence-corrected chi connectivity index (χ2v) is 5.94. The van der Waals surface area contributed by atoms with E-state index in [1.165, 1.54) is 11.3 Å². The molecular weight excluding hydrogens is 296 g/mol. The largest absolute Gasteiger partial charge is 0.396 e. The Morgan fingerprint density at radius 2 is 2.20 bits per heavy atom. The van der Waals surface area contributed by atoms with Gasteiger partial charge in [-0.05, 0) is 30.7 Å². The highest BCUT2D eigenvalue weighted by Crippen LogP contribution is 2.23. The molecule has 0 saturated heterocycles. The van der Waals surface area contributed by atoms with E-state index in [1.54, 1.807) is 23.2 Å². The molecule has 20 heavy (non-hydrogen) atoms. The van der Waals surface area contributed by atoms with E-state index >= 15 is 0 Å². The number of hydrogen-bond donors (Lipinski definition) is 1. The fraction of sp³-hybridized carbons (Fsp3) is 0.286. The summed E-state index contributed by atoms with van der Waals surface area (Å²) in [4.78, 5) is 18.9. The molecule has 2 aromatic rings. The van der Waals surface area contributed by atoms with Gasteiger partial charge in [-0.15, -0.1) is 11.3 Å². The van der Waals surface area contributed by atoms with Crippen molar-refractivity contribution in [2.75, 3.05) is 13.2 Å². The van der Waals surface area contributed by atoms with Gasteiger partial charge in [-0.3, -0.25) is 9.78 Å². The monoisotopic (exact) mass is 310 g/mol. The number of carbonyl (C=O) groups excluding carboxylic acids is 1. The summed E-state index contributed by atoms with van der Waals surface area (Å²) in [6.45, 7) is 0.966. The first-order valence-electron chi connectivity index (χ1n) is 6.26. The van der Waals surface area contributed by atoms with Gasteiger partial charge in [-0.1, -0.05) is 17.7 Å². The smallest absolute Gasteiger partial charge is 0.264 e. The lowest BCUT2D eigenvalue weighted by Gasteiger charge is -2.21. The third-order valence-corrected chi connectivity index (χ3v) is 3.96. The third-order valence-electron chi connectivity index (χ3n) is 2.74. The Bertz CT molecular complexity index is 559. The highest BCUT2D eigenvalue weighted by molar-refractivity contribution is 7.17. The fourth-order valence-corrected chi connectivity index (χ4v) is 2.80. The first-order chi connectivity index (χ1) is 9.70. The molecule has 0 aliphatic carbocycles. The molecule has 0 aromatic carbocycles. The maximum absolute atomic E-state index is 12.4. The molecule has 4 nitrogen and oxygen atoms in total. The van der Waals surface area contributed by atoms with Gasteiger partial charge >= 0.3 is 0 Å². The minimum absolute atomic E-state index is 0.0528. The fourth-order valence-electron chi connectivity index (χ4n) is 1.79. The molecule has 1 amide bonds. The Kier molecular flexibility index (Phi) is 5.52. The van der Waals surface area contributed by atoms with Crippen molar-refractivity contribution in [3.05, 3.63) is 51.4 Å². The van der Waals surface area contributed by atoms with E-state index in [1.807, 2.05) is 18.2 Å². The molecule has 2 heterocycles. The van der Waals surface area contributed by atoms with Crippen molar-refractivity contribution in [3.8, 4) is 0 Å². The maximum atomic E-state index is 12.4. The molecule has 6 heteroatoms. The van der Waals surface area contributed by atoms with Crippen LogP contribution in [0.2, 0.25) is 4.34 Å². The Labute approximate surface area is 126 Å². The van der Waals surface area contributed by atoms with Gasteiger partial charge in [0.1, 0.15) is 0 Å². The number of thiophene rings is 1. The van der Waals surface area contributed by atoms with Crippen LogP contribution in [0.15, 0.2) is 36.5 Å². The number of aliphatic hydroxyl groups excluding tert-OH is 1. The van der Waals surface area contributed by atoms with Crippen LogP contribution in [0.25, 0.3) is 0 Å².